The quantitative estimate of drug-likeness (QED) is 0.140. The highest BCUT2D eigenvalue weighted by Crippen LogP contribution is 2.49. The van der Waals surface area contributed by atoms with Crippen LogP contribution in [0.15, 0.2) is 66.9 Å². The Morgan fingerprint density at radius 2 is 1.52 bits per heavy atom. The summed E-state index contributed by atoms with van der Waals surface area (Å²) in [5.74, 6) is -0.00196. The number of Topliss-reactive ketones (excluding diaryl/α,β-unsaturated/α-hetero) is 2. The Hall–Kier alpha value is -4.37. The standard InChI is InChI=1S/C35H36F2N2O5/c1-4-39(5-2)16-17-43-32-21-26-28(22-31(32)42-3)38-15-12-29(26)44-30-11-8-24(18-27(30)37)20-34(41)35(13-14-35)33(40)19-23-6-9-25(36)10-7-23/h6-12,15,18,21-22H,4-5,13-14,16-17,19-20H2,1-3H3. The number of halogens is 2. The summed E-state index contributed by atoms with van der Waals surface area (Å²) in [5.41, 5.74) is 0.651. The van der Waals surface area contributed by atoms with E-state index in [0.717, 1.165) is 19.6 Å². The first-order valence-corrected chi connectivity index (χ1v) is 14.9. The van der Waals surface area contributed by atoms with E-state index in [1.165, 1.54) is 24.3 Å². The number of ether oxygens (including phenoxy) is 3. The molecule has 1 heterocycles. The van der Waals surface area contributed by atoms with Gasteiger partial charge in [-0.2, -0.15) is 0 Å². The van der Waals surface area contributed by atoms with E-state index in [1.54, 1.807) is 49.7 Å². The molecule has 9 heteroatoms. The molecule has 0 radical (unpaired) electrons. The summed E-state index contributed by atoms with van der Waals surface area (Å²) in [6.07, 6.45) is 2.49. The smallest absolute Gasteiger partial charge is 0.166 e. The van der Waals surface area contributed by atoms with E-state index in [0.29, 0.717) is 58.7 Å². The fourth-order valence-corrected chi connectivity index (χ4v) is 5.32. The van der Waals surface area contributed by atoms with Gasteiger partial charge in [-0.1, -0.05) is 32.0 Å². The fraction of sp³-hybridized carbons (Fsp3) is 0.343. The van der Waals surface area contributed by atoms with E-state index in [9.17, 15) is 14.0 Å². The molecule has 5 rings (SSSR count). The summed E-state index contributed by atoms with van der Waals surface area (Å²) in [4.78, 5) is 32.8. The Kier molecular flexibility index (Phi) is 9.54. The second-order valence-electron chi connectivity index (χ2n) is 11.0. The largest absolute Gasteiger partial charge is 0.493 e. The lowest BCUT2D eigenvalue weighted by Gasteiger charge is -2.19. The lowest BCUT2D eigenvalue weighted by atomic mass is 9.88. The third-order valence-electron chi connectivity index (χ3n) is 8.22. The number of carbonyl (C=O) groups is 2. The number of hydrogen-bond donors (Lipinski definition) is 0. The Labute approximate surface area is 255 Å². The second kappa shape index (κ2) is 13.5. The third-order valence-corrected chi connectivity index (χ3v) is 8.22. The monoisotopic (exact) mass is 602 g/mol. The Bertz CT molecular complexity index is 1650. The zero-order valence-electron chi connectivity index (χ0n) is 25.2. The fourth-order valence-electron chi connectivity index (χ4n) is 5.32. The third kappa shape index (κ3) is 6.89. The number of likely N-dealkylation sites (N-methyl/N-ethyl adjacent to an activating group) is 1. The van der Waals surface area contributed by atoms with Crippen LogP contribution in [0.1, 0.15) is 37.8 Å². The van der Waals surface area contributed by atoms with Crippen molar-refractivity contribution in [3.63, 3.8) is 0 Å². The first-order chi connectivity index (χ1) is 21.3. The van der Waals surface area contributed by atoms with Crippen molar-refractivity contribution in [3.05, 3.63) is 89.6 Å². The minimum Gasteiger partial charge on any atom is -0.493 e. The summed E-state index contributed by atoms with van der Waals surface area (Å²) >= 11 is 0. The van der Waals surface area contributed by atoms with Crippen molar-refractivity contribution in [2.24, 2.45) is 5.41 Å². The van der Waals surface area contributed by atoms with Crippen LogP contribution in [0.25, 0.3) is 10.9 Å². The van der Waals surface area contributed by atoms with Gasteiger partial charge in [-0.15, -0.1) is 0 Å². The van der Waals surface area contributed by atoms with Crippen LogP contribution >= 0.6 is 0 Å². The number of methoxy groups -OCH3 is 1. The molecule has 1 aromatic heterocycles. The van der Waals surface area contributed by atoms with Gasteiger partial charge >= 0.3 is 0 Å². The van der Waals surface area contributed by atoms with Crippen LogP contribution in [0.5, 0.6) is 23.0 Å². The van der Waals surface area contributed by atoms with Gasteiger partial charge in [0, 0.05) is 37.0 Å². The van der Waals surface area contributed by atoms with E-state index >= 15 is 4.39 Å². The molecular formula is C35H36F2N2O5. The highest BCUT2D eigenvalue weighted by Gasteiger charge is 2.54. The van der Waals surface area contributed by atoms with Crippen molar-refractivity contribution in [1.82, 2.24) is 9.88 Å². The second-order valence-corrected chi connectivity index (χ2v) is 11.0. The lowest BCUT2D eigenvalue weighted by molar-refractivity contribution is -0.133. The van der Waals surface area contributed by atoms with Crippen LogP contribution in [0.3, 0.4) is 0 Å². The number of ketones is 2. The zero-order chi connectivity index (χ0) is 31.3. The molecule has 0 spiro atoms. The van der Waals surface area contributed by atoms with Crippen LogP contribution < -0.4 is 14.2 Å². The van der Waals surface area contributed by atoms with Gasteiger partial charge in [0.2, 0.25) is 0 Å². The van der Waals surface area contributed by atoms with E-state index in [2.05, 4.69) is 23.7 Å². The first kappa shape index (κ1) is 31.1. The van der Waals surface area contributed by atoms with Crippen LogP contribution in [0, 0.1) is 17.0 Å². The maximum atomic E-state index is 15.3. The summed E-state index contributed by atoms with van der Waals surface area (Å²) in [6, 6.07) is 15.2. The van der Waals surface area contributed by atoms with Gasteiger partial charge in [0.1, 0.15) is 18.2 Å². The Morgan fingerprint density at radius 3 is 2.16 bits per heavy atom. The molecule has 7 nitrogen and oxygen atoms in total. The molecule has 44 heavy (non-hydrogen) atoms. The average molecular weight is 603 g/mol. The highest BCUT2D eigenvalue weighted by molar-refractivity contribution is 6.11. The first-order valence-electron chi connectivity index (χ1n) is 14.9. The topological polar surface area (TPSA) is 78.0 Å². The van der Waals surface area contributed by atoms with Crippen molar-refractivity contribution in [2.75, 3.05) is 33.4 Å². The molecule has 0 bridgehead atoms. The number of rotatable bonds is 15. The number of benzene rings is 3. The van der Waals surface area contributed by atoms with Crippen molar-refractivity contribution in [1.29, 1.82) is 0 Å². The maximum absolute atomic E-state index is 15.3. The summed E-state index contributed by atoms with van der Waals surface area (Å²) < 4.78 is 46.1. The molecule has 0 unspecified atom stereocenters. The van der Waals surface area contributed by atoms with Crippen molar-refractivity contribution in [2.45, 2.75) is 39.5 Å². The Balaban J connectivity index is 1.29. The molecule has 0 saturated heterocycles. The van der Waals surface area contributed by atoms with Crippen LogP contribution in [0.2, 0.25) is 0 Å². The highest BCUT2D eigenvalue weighted by atomic mass is 19.1. The molecule has 1 aliphatic rings. The van der Waals surface area contributed by atoms with Crippen LogP contribution in [-0.2, 0) is 22.4 Å². The predicted molar refractivity (Wildman–Crippen MR) is 164 cm³/mol. The molecule has 3 aromatic carbocycles. The summed E-state index contributed by atoms with van der Waals surface area (Å²) in [6.45, 7) is 7.27. The minimum atomic E-state index is -1.05. The van der Waals surface area contributed by atoms with Gasteiger partial charge in [-0.3, -0.25) is 14.6 Å². The molecule has 0 N–H and O–H groups in total. The molecule has 0 atom stereocenters. The number of aromatic nitrogens is 1. The SMILES string of the molecule is CCN(CC)CCOc1cc2c(Oc3ccc(CC(=O)C4(C(=O)Cc5ccc(F)cc5)CC4)cc3F)ccnc2cc1OC. The summed E-state index contributed by atoms with van der Waals surface area (Å²) in [5, 5.41) is 0.625. The van der Waals surface area contributed by atoms with E-state index in [-0.39, 0.29) is 36.0 Å². The van der Waals surface area contributed by atoms with Crippen molar-refractivity contribution >= 4 is 22.5 Å². The maximum Gasteiger partial charge on any atom is 0.166 e. The van der Waals surface area contributed by atoms with Crippen molar-refractivity contribution in [3.8, 4) is 23.0 Å². The van der Waals surface area contributed by atoms with Gasteiger partial charge in [0.25, 0.3) is 0 Å². The number of carbonyl (C=O) groups excluding carboxylic acids is 2. The Morgan fingerprint density at radius 1 is 0.841 bits per heavy atom. The average Bonchev–Trinajstić information content (AvgIpc) is 3.84. The normalized spacial score (nSPS) is 13.6. The van der Waals surface area contributed by atoms with Crippen LogP contribution in [-0.4, -0.2) is 54.8 Å². The molecular weight excluding hydrogens is 566 g/mol. The van der Waals surface area contributed by atoms with Gasteiger partial charge < -0.3 is 19.1 Å². The molecule has 0 amide bonds. The van der Waals surface area contributed by atoms with Gasteiger partial charge in [0.15, 0.2) is 34.6 Å². The van der Waals surface area contributed by atoms with E-state index < -0.39 is 11.2 Å². The molecule has 1 saturated carbocycles. The van der Waals surface area contributed by atoms with Gasteiger partial charge in [-0.05, 0) is 73.5 Å². The predicted octanol–water partition coefficient (Wildman–Crippen LogP) is 6.74. The molecule has 1 fully saturated rings. The molecule has 4 aromatic rings. The van der Waals surface area contributed by atoms with E-state index in [1.807, 2.05) is 0 Å². The molecule has 1 aliphatic carbocycles. The van der Waals surface area contributed by atoms with Crippen LogP contribution in [0.4, 0.5) is 8.78 Å². The van der Waals surface area contributed by atoms with Gasteiger partial charge in [0.05, 0.1) is 18.0 Å². The van der Waals surface area contributed by atoms with Crippen molar-refractivity contribution < 1.29 is 32.6 Å². The number of nitrogens with zero attached hydrogens (tertiary/aromatic N) is 2. The number of fused-ring (bicyclic) bond motifs is 1. The molecule has 230 valence electrons. The number of hydrogen-bond acceptors (Lipinski definition) is 7. The van der Waals surface area contributed by atoms with Gasteiger partial charge in [-0.25, -0.2) is 8.78 Å². The van der Waals surface area contributed by atoms with E-state index in [4.69, 9.17) is 14.2 Å². The number of pyridine rings is 1. The zero-order valence-corrected chi connectivity index (χ0v) is 25.2. The molecule has 0 aliphatic heterocycles. The summed E-state index contributed by atoms with van der Waals surface area (Å²) in [7, 11) is 1.56. The lowest BCUT2D eigenvalue weighted by Crippen LogP contribution is -2.28. The minimum absolute atomic E-state index is 0.0120.